The summed E-state index contributed by atoms with van der Waals surface area (Å²) in [6, 6.07) is 4.48. The Kier molecular flexibility index (Phi) is 7.49. The van der Waals surface area contributed by atoms with Gasteiger partial charge in [-0.15, -0.1) is 0 Å². The van der Waals surface area contributed by atoms with Crippen molar-refractivity contribution in [3.05, 3.63) is 53.9 Å². The van der Waals surface area contributed by atoms with E-state index in [0.29, 0.717) is 13.0 Å². The number of nitrogens with zero attached hydrogens (tertiary/aromatic N) is 1. The molecule has 0 aliphatic carbocycles. The summed E-state index contributed by atoms with van der Waals surface area (Å²) in [5.74, 6) is -1.31. The maximum absolute atomic E-state index is 14.3. The predicted octanol–water partition coefficient (Wildman–Crippen LogP) is 5.91. The van der Waals surface area contributed by atoms with Crippen molar-refractivity contribution in [3.63, 3.8) is 0 Å². The number of hydrogen-bond donors (Lipinski definition) is 1. The standard InChI is InChI=1S/C22H28F2N2O3Si/c1-22(2,3)30(4,5)28-13-7-6-8-19-20(29-21(25)27)16(11-12-26-19)17-14-15(23)9-10-18(17)24/h6,8-12,14H,7,13H2,1-5H3,(H2,25,27). The third-order valence-corrected chi connectivity index (χ3v) is 9.72. The lowest BCUT2D eigenvalue weighted by atomic mass is 10.0. The Morgan fingerprint density at radius 3 is 2.53 bits per heavy atom. The van der Waals surface area contributed by atoms with E-state index in [0.717, 1.165) is 18.2 Å². The van der Waals surface area contributed by atoms with E-state index in [9.17, 15) is 13.6 Å². The molecule has 0 radical (unpaired) electrons. The Morgan fingerprint density at radius 1 is 1.20 bits per heavy atom. The van der Waals surface area contributed by atoms with Gasteiger partial charge in [0.2, 0.25) is 0 Å². The van der Waals surface area contributed by atoms with Crippen molar-refractivity contribution >= 4 is 20.5 Å². The van der Waals surface area contributed by atoms with Gasteiger partial charge in [0.15, 0.2) is 14.1 Å². The van der Waals surface area contributed by atoms with Crippen LogP contribution in [0.25, 0.3) is 17.2 Å². The Hall–Kier alpha value is -2.58. The Morgan fingerprint density at radius 2 is 1.90 bits per heavy atom. The molecule has 1 amide bonds. The minimum absolute atomic E-state index is 0.0314. The summed E-state index contributed by atoms with van der Waals surface area (Å²) in [5.41, 5.74) is 5.58. The Bertz CT molecular complexity index is 940. The van der Waals surface area contributed by atoms with E-state index >= 15 is 0 Å². The number of carbonyl (C=O) groups excluding carboxylic acids is 1. The highest BCUT2D eigenvalue weighted by Gasteiger charge is 2.36. The van der Waals surface area contributed by atoms with Crippen LogP contribution >= 0.6 is 0 Å². The second-order valence-corrected chi connectivity index (χ2v) is 13.2. The fourth-order valence-electron chi connectivity index (χ4n) is 2.50. The first-order valence-electron chi connectivity index (χ1n) is 9.64. The number of rotatable bonds is 7. The highest BCUT2D eigenvalue weighted by atomic mass is 28.4. The minimum atomic E-state index is -1.84. The van der Waals surface area contributed by atoms with Crippen molar-refractivity contribution < 1.29 is 22.7 Å². The van der Waals surface area contributed by atoms with Crippen LogP contribution in [0.4, 0.5) is 13.6 Å². The van der Waals surface area contributed by atoms with Crippen molar-refractivity contribution in [3.8, 4) is 16.9 Å². The molecule has 2 aromatic rings. The van der Waals surface area contributed by atoms with Crippen LogP contribution in [-0.4, -0.2) is 26.0 Å². The number of nitrogens with two attached hydrogens (primary N) is 1. The van der Waals surface area contributed by atoms with E-state index in [1.54, 1.807) is 6.08 Å². The zero-order valence-electron chi connectivity index (χ0n) is 18.0. The molecular weight excluding hydrogens is 406 g/mol. The topological polar surface area (TPSA) is 74.4 Å². The highest BCUT2D eigenvalue weighted by molar-refractivity contribution is 6.74. The molecule has 30 heavy (non-hydrogen) atoms. The van der Waals surface area contributed by atoms with Gasteiger partial charge in [0.25, 0.3) is 0 Å². The SMILES string of the molecule is CC(C)(C)[Si](C)(C)OCCC=Cc1nccc(-c2cc(F)ccc2F)c1OC(N)=O. The number of ether oxygens (including phenoxy) is 1. The van der Waals surface area contributed by atoms with Gasteiger partial charge in [-0.05, 0) is 54.9 Å². The normalized spacial score (nSPS) is 12.4. The Balaban J connectivity index is 2.27. The molecule has 0 atom stereocenters. The van der Waals surface area contributed by atoms with Crippen LogP contribution in [0.3, 0.4) is 0 Å². The van der Waals surface area contributed by atoms with E-state index < -0.39 is 26.0 Å². The molecule has 8 heteroatoms. The quantitative estimate of drug-likeness (QED) is 0.434. The van der Waals surface area contributed by atoms with Gasteiger partial charge in [-0.25, -0.2) is 13.6 Å². The number of aromatic nitrogens is 1. The second kappa shape index (κ2) is 9.49. The zero-order valence-corrected chi connectivity index (χ0v) is 19.0. The zero-order chi connectivity index (χ0) is 22.5. The lowest BCUT2D eigenvalue weighted by Gasteiger charge is -2.36. The van der Waals surface area contributed by atoms with Crippen LogP contribution in [-0.2, 0) is 4.43 Å². The van der Waals surface area contributed by atoms with Crippen molar-refractivity contribution in [2.75, 3.05) is 6.61 Å². The fourth-order valence-corrected chi connectivity index (χ4v) is 3.56. The second-order valence-electron chi connectivity index (χ2n) is 8.42. The van der Waals surface area contributed by atoms with Gasteiger partial charge in [-0.3, -0.25) is 4.98 Å². The molecule has 0 aliphatic rings. The fraction of sp³-hybridized carbons (Fsp3) is 0.364. The first-order valence-corrected chi connectivity index (χ1v) is 12.6. The lowest BCUT2D eigenvalue weighted by Crippen LogP contribution is -2.40. The molecule has 0 spiro atoms. The van der Waals surface area contributed by atoms with E-state index in [2.05, 4.69) is 38.8 Å². The van der Waals surface area contributed by atoms with Crippen molar-refractivity contribution in [2.24, 2.45) is 5.73 Å². The molecule has 0 bridgehead atoms. The third-order valence-electron chi connectivity index (χ3n) is 5.18. The predicted molar refractivity (Wildman–Crippen MR) is 117 cm³/mol. The van der Waals surface area contributed by atoms with Crippen LogP contribution in [0.2, 0.25) is 18.1 Å². The molecule has 1 heterocycles. The largest absolute Gasteiger partial charge is 0.417 e. The summed E-state index contributed by atoms with van der Waals surface area (Å²) in [7, 11) is -1.84. The van der Waals surface area contributed by atoms with E-state index in [1.807, 2.05) is 6.08 Å². The molecule has 0 fully saturated rings. The highest BCUT2D eigenvalue weighted by Crippen LogP contribution is 2.37. The summed E-state index contributed by atoms with van der Waals surface area (Å²) in [5, 5.41) is 0.115. The van der Waals surface area contributed by atoms with Crippen LogP contribution < -0.4 is 10.5 Å². The van der Waals surface area contributed by atoms with Gasteiger partial charge in [0.1, 0.15) is 17.3 Å². The van der Waals surface area contributed by atoms with Crippen molar-refractivity contribution in [1.82, 2.24) is 4.98 Å². The van der Waals surface area contributed by atoms with Gasteiger partial charge in [0.05, 0.1) is 0 Å². The van der Waals surface area contributed by atoms with Gasteiger partial charge >= 0.3 is 6.09 Å². The number of primary amides is 1. The van der Waals surface area contributed by atoms with Crippen molar-refractivity contribution in [2.45, 2.75) is 45.3 Å². The van der Waals surface area contributed by atoms with Crippen molar-refractivity contribution in [1.29, 1.82) is 0 Å². The molecule has 0 saturated heterocycles. The molecule has 162 valence electrons. The van der Waals surface area contributed by atoms with E-state index in [-0.39, 0.29) is 27.6 Å². The van der Waals surface area contributed by atoms with Gasteiger partial charge in [0, 0.05) is 23.9 Å². The van der Waals surface area contributed by atoms with E-state index in [1.165, 1.54) is 12.3 Å². The van der Waals surface area contributed by atoms with Gasteiger partial charge in [-0.2, -0.15) is 0 Å². The molecule has 0 saturated carbocycles. The lowest BCUT2D eigenvalue weighted by molar-refractivity contribution is 0.211. The summed E-state index contributed by atoms with van der Waals surface area (Å²) in [6.07, 6.45) is 4.45. The number of amides is 1. The Labute approximate surface area is 177 Å². The van der Waals surface area contributed by atoms with Gasteiger partial charge in [-0.1, -0.05) is 26.8 Å². The maximum Gasteiger partial charge on any atom is 0.410 e. The summed E-state index contributed by atoms with van der Waals surface area (Å²) < 4.78 is 39.1. The number of hydrogen-bond acceptors (Lipinski definition) is 4. The molecule has 0 aliphatic heterocycles. The monoisotopic (exact) mass is 434 g/mol. The smallest absolute Gasteiger partial charge is 0.410 e. The van der Waals surface area contributed by atoms with Crippen LogP contribution in [0.5, 0.6) is 5.75 Å². The van der Waals surface area contributed by atoms with E-state index in [4.69, 9.17) is 14.9 Å². The minimum Gasteiger partial charge on any atom is -0.417 e. The molecule has 2 rings (SSSR count). The number of carbonyl (C=O) groups is 1. The summed E-state index contributed by atoms with van der Waals surface area (Å²) >= 11 is 0. The maximum atomic E-state index is 14.3. The first kappa shape index (κ1) is 23.7. The molecule has 0 unspecified atom stereocenters. The summed E-state index contributed by atoms with van der Waals surface area (Å²) in [6.45, 7) is 11.4. The molecular formula is C22H28F2N2O3Si. The third kappa shape index (κ3) is 5.96. The number of halogens is 2. The van der Waals surface area contributed by atoms with Crippen LogP contribution in [0, 0.1) is 11.6 Å². The average Bonchev–Trinajstić information content (AvgIpc) is 2.63. The molecule has 5 nitrogen and oxygen atoms in total. The van der Waals surface area contributed by atoms with Crippen LogP contribution in [0.1, 0.15) is 32.9 Å². The number of benzene rings is 1. The first-order chi connectivity index (χ1) is 13.9. The molecule has 2 N–H and O–H groups in total. The number of pyridine rings is 1. The average molecular weight is 435 g/mol. The summed E-state index contributed by atoms with van der Waals surface area (Å²) in [4.78, 5) is 15.6. The van der Waals surface area contributed by atoms with Gasteiger partial charge < -0.3 is 14.9 Å². The van der Waals surface area contributed by atoms with Crippen LogP contribution in [0.15, 0.2) is 36.5 Å². The molecule has 1 aromatic heterocycles. The molecule has 1 aromatic carbocycles.